The molecule has 1 aromatic carbocycles. The van der Waals surface area contributed by atoms with Crippen LogP contribution in [0.15, 0.2) is 48.7 Å². The number of rotatable bonds is 8. The molecule has 1 aromatic heterocycles. The van der Waals surface area contributed by atoms with Gasteiger partial charge in [0.05, 0.1) is 13.7 Å². The third-order valence-corrected chi connectivity index (χ3v) is 4.84. The third kappa shape index (κ3) is 6.21. The summed E-state index contributed by atoms with van der Waals surface area (Å²) in [7, 11) is 1.56. The number of carbonyl (C=O) groups is 2. The molecular weight excluding hydrogens is 398 g/mol. The van der Waals surface area contributed by atoms with Crippen molar-refractivity contribution in [1.29, 1.82) is 0 Å². The van der Waals surface area contributed by atoms with E-state index in [1.165, 1.54) is 6.08 Å². The largest absolute Gasteiger partial charge is 0.493 e. The van der Waals surface area contributed by atoms with Crippen molar-refractivity contribution in [3.8, 4) is 11.5 Å². The van der Waals surface area contributed by atoms with Crippen molar-refractivity contribution in [3.05, 3.63) is 54.2 Å². The fourth-order valence-electron chi connectivity index (χ4n) is 3.22. The highest BCUT2D eigenvalue weighted by molar-refractivity contribution is 5.89. The Morgan fingerprint density at radius 2 is 1.90 bits per heavy atom. The summed E-state index contributed by atoms with van der Waals surface area (Å²) < 4.78 is 15.9. The quantitative estimate of drug-likeness (QED) is 0.474. The van der Waals surface area contributed by atoms with Gasteiger partial charge in [0.15, 0.2) is 18.1 Å². The van der Waals surface area contributed by atoms with Crippen LogP contribution in [0.4, 0.5) is 5.82 Å². The van der Waals surface area contributed by atoms with Crippen LogP contribution >= 0.6 is 0 Å². The molecular formula is C23H27N3O5. The summed E-state index contributed by atoms with van der Waals surface area (Å²) >= 11 is 0. The Balaban J connectivity index is 1.45. The minimum Gasteiger partial charge on any atom is -0.493 e. The Hall–Kier alpha value is -3.55. The summed E-state index contributed by atoms with van der Waals surface area (Å²) in [5, 5.41) is 0. The highest BCUT2D eigenvalue weighted by Gasteiger charge is 2.22. The molecule has 1 aliphatic rings. The first-order valence-corrected chi connectivity index (χ1v) is 10.2. The summed E-state index contributed by atoms with van der Waals surface area (Å²) in [6.45, 7) is 4.66. The Kier molecular flexibility index (Phi) is 7.86. The molecule has 0 bridgehead atoms. The number of nitrogens with zero attached hydrogens (tertiary/aromatic N) is 3. The molecule has 0 unspecified atom stereocenters. The van der Waals surface area contributed by atoms with Crippen LogP contribution in [0.3, 0.4) is 0 Å². The van der Waals surface area contributed by atoms with Gasteiger partial charge in [0.25, 0.3) is 5.91 Å². The van der Waals surface area contributed by atoms with Crippen molar-refractivity contribution < 1.29 is 23.8 Å². The van der Waals surface area contributed by atoms with Gasteiger partial charge in [-0.3, -0.25) is 4.79 Å². The molecule has 8 nitrogen and oxygen atoms in total. The lowest BCUT2D eigenvalue weighted by Gasteiger charge is -2.35. The van der Waals surface area contributed by atoms with E-state index in [0.29, 0.717) is 44.3 Å². The third-order valence-electron chi connectivity index (χ3n) is 4.84. The van der Waals surface area contributed by atoms with Gasteiger partial charge in [-0.1, -0.05) is 12.1 Å². The second-order valence-corrected chi connectivity index (χ2v) is 6.84. The molecule has 2 heterocycles. The number of amides is 1. The number of benzene rings is 1. The summed E-state index contributed by atoms with van der Waals surface area (Å²) in [6, 6.07) is 11.1. The number of ether oxygens (including phenoxy) is 3. The lowest BCUT2D eigenvalue weighted by atomic mass is 10.2. The number of hydrogen-bond donors (Lipinski definition) is 0. The van der Waals surface area contributed by atoms with Crippen molar-refractivity contribution in [3.63, 3.8) is 0 Å². The van der Waals surface area contributed by atoms with E-state index in [4.69, 9.17) is 14.2 Å². The average molecular weight is 425 g/mol. The van der Waals surface area contributed by atoms with E-state index in [0.717, 1.165) is 11.4 Å². The van der Waals surface area contributed by atoms with Gasteiger partial charge < -0.3 is 24.0 Å². The zero-order chi connectivity index (χ0) is 22.1. The Bertz CT molecular complexity index is 909. The number of carbonyl (C=O) groups excluding carboxylic acids is 2. The minimum atomic E-state index is -0.576. The molecule has 1 aliphatic heterocycles. The molecule has 0 atom stereocenters. The highest BCUT2D eigenvalue weighted by Crippen LogP contribution is 2.28. The Labute approximate surface area is 182 Å². The van der Waals surface area contributed by atoms with Gasteiger partial charge in [-0.15, -0.1) is 0 Å². The van der Waals surface area contributed by atoms with Gasteiger partial charge in [-0.05, 0) is 42.8 Å². The Morgan fingerprint density at radius 3 is 2.58 bits per heavy atom. The maximum Gasteiger partial charge on any atom is 0.331 e. The maximum absolute atomic E-state index is 12.4. The lowest BCUT2D eigenvalue weighted by molar-refractivity contribution is -0.148. The smallest absolute Gasteiger partial charge is 0.331 e. The molecule has 3 rings (SSSR count). The number of anilines is 1. The average Bonchev–Trinajstić information content (AvgIpc) is 2.82. The molecule has 0 aliphatic carbocycles. The van der Waals surface area contributed by atoms with Crippen LogP contribution in [0.2, 0.25) is 0 Å². The number of aromatic nitrogens is 1. The van der Waals surface area contributed by atoms with Crippen molar-refractivity contribution in [2.24, 2.45) is 0 Å². The summed E-state index contributed by atoms with van der Waals surface area (Å²) in [5.41, 5.74) is 0.759. The highest BCUT2D eigenvalue weighted by atomic mass is 16.5. The molecule has 0 saturated carbocycles. The number of methoxy groups -OCH3 is 1. The zero-order valence-electron chi connectivity index (χ0n) is 17.8. The van der Waals surface area contributed by atoms with Gasteiger partial charge in [0, 0.05) is 38.5 Å². The van der Waals surface area contributed by atoms with Crippen LogP contribution in [-0.2, 0) is 14.3 Å². The molecule has 1 amide bonds. The van der Waals surface area contributed by atoms with E-state index in [1.807, 2.05) is 31.2 Å². The molecule has 1 saturated heterocycles. The van der Waals surface area contributed by atoms with Gasteiger partial charge in [0.1, 0.15) is 5.82 Å². The van der Waals surface area contributed by atoms with E-state index < -0.39 is 5.97 Å². The van der Waals surface area contributed by atoms with Crippen molar-refractivity contribution in [2.75, 3.05) is 51.4 Å². The van der Waals surface area contributed by atoms with Crippen molar-refractivity contribution >= 4 is 23.8 Å². The van der Waals surface area contributed by atoms with E-state index >= 15 is 0 Å². The van der Waals surface area contributed by atoms with Crippen LogP contribution in [0.1, 0.15) is 12.5 Å². The number of pyridine rings is 1. The number of piperazine rings is 1. The molecule has 2 aromatic rings. The standard InChI is InChI=1S/C23H27N3O5/c1-3-30-19-9-7-18(16-20(19)29-2)8-10-23(28)31-17-22(27)26-14-12-25(13-15-26)21-6-4-5-11-24-21/h4-11,16H,3,12-15,17H2,1-2H3/b10-8+. The predicted molar refractivity (Wildman–Crippen MR) is 117 cm³/mol. The zero-order valence-corrected chi connectivity index (χ0v) is 17.8. The molecule has 8 heteroatoms. The van der Waals surface area contributed by atoms with Gasteiger partial charge in [-0.25, -0.2) is 9.78 Å². The summed E-state index contributed by atoms with van der Waals surface area (Å²) in [4.78, 5) is 32.5. The molecule has 31 heavy (non-hydrogen) atoms. The second-order valence-electron chi connectivity index (χ2n) is 6.84. The normalized spacial score (nSPS) is 13.9. The van der Waals surface area contributed by atoms with Gasteiger partial charge >= 0.3 is 5.97 Å². The topological polar surface area (TPSA) is 81.2 Å². The van der Waals surface area contributed by atoms with E-state index in [-0.39, 0.29) is 12.5 Å². The van der Waals surface area contributed by atoms with E-state index in [1.54, 1.807) is 36.4 Å². The van der Waals surface area contributed by atoms with E-state index in [2.05, 4.69) is 9.88 Å². The summed E-state index contributed by atoms with van der Waals surface area (Å²) in [5.74, 6) is 1.34. The fourth-order valence-corrected chi connectivity index (χ4v) is 3.22. The lowest BCUT2D eigenvalue weighted by Crippen LogP contribution is -2.50. The SMILES string of the molecule is CCOc1ccc(/C=C/C(=O)OCC(=O)N2CCN(c3ccccn3)CC2)cc1OC. The number of hydrogen-bond acceptors (Lipinski definition) is 7. The van der Waals surface area contributed by atoms with Crippen molar-refractivity contribution in [2.45, 2.75) is 6.92 Å². The summed E-state index contributed by atoms with van der Waals surface area (Å²) in [6.07, 6.45) is 4.65. The Morgan fingerprint density at radius 1 is 1.10 bits per heavy atom. The molecule has 164 valence electrons. The van der Waals surface area contributed by atoms with Crippen LogP contribution in [-0.4, -0.2) is 68.3 Å². The fraction of sp³-hybridized carbons (Fsp3) is 0.348. The van der Waals surface area contributed by atoms with Crippen LogP contribution in [0, 0.1) is 0 Å². The van der Waals surface area contributed by atoms with Crippen LogP contribution in [0.25, 0.3) is 6.08 Å². The molecule has 0 spiro atoms. The monoisotopic (exact) mass is 425 g/mol. The number of esters is 1. The molecule has 1 fully saturated rings. The first kappa shape index (κ1) is 22.1. The van der Waals surface area contributed by atoms with Crippen molar-refractivity contribution in [1.82, 2.24) is 9.88 Å². The molecule has 0 radical (unpaired) electrons. The minimum absolute atomic E-state index is 0.204. The van der Waals surface area contributed by atoms with Crippen LogP contribution < -0.4 is 14.4 Å². The van der Waals surface area contributed by atoms with Gasteiger partial charge in [0.2, 0.25) is 0 Å². The van der Waals surface area contributed by atoms with Gasteiger partial charge in [-0.2, -0.15) is 0 Å². The first-order chi connectivity index (χ1) is 15.1. The predicted octanol–water partition coefficient (Wildman–Crippen LogP) is 2.39. The first-order valence-electron chi connectivity index (χ1n) is 10.2. The second kappa shape index (κ2) is 11.0. The van der Waals surface area contributed by atoms with Crippen LogP contribution in [0.5, 0.6) is 11.5 Å². The molecule has 0 N–H and O–H groups in total. The van der Waals surface area contributed by atoms with E-state index in [9.17, 15) is 9.59 Å². The maximum atomic E-state index is 12.4.